The molecule has 0 bridgehead atoms. The third kappa shape index (κ3) is 8.52. The largest absolute Gasteiger partial charge is 0.693 e. The van der Waals surface area contributed by atoms with Crippen LogP contribution in [0.15, 0.2) is 48.5 Å². The summed E-state index contributed by atoms with van der Waals surface area (Å²) in [5.41, 5.74) is 2.27. The Morgan fingerprint density at radius 2 is 1.48 bits per heavy atom. The van der Waals surface area contributed by atoms with Crippen LogP contribution in [0.25, 0.3) is 17.3 Å². The maximum atomic E-state index is 12.3. The van der Waals surface area contributed by atoms with Gasteiger partial charge in [0, 0.05) is 44.1 Å². The van der Waals surface area contributed by atoms with Crippen LogP contribution in [-0.4, -0.2) is 36.5 Å². The van der Waals surface area contributed by atoms with Crippen LogP contribution in [0.5, 0.6) is 0 Å². The molecule has 8 heteroatoms. The Bertz CT molecular complexity index is 827. The first kappa shape index (κ1) is 26.4. The smallest absolute Gasteiger partial charge is 0.335 e. The van der Waals surface area contributed by atoms with Crippen molar-refractivity contribution in [3.63, 3.8) is 0 Å². The van der Waals surface area contributed by atoms with E-state index in [1.54, 1.807) is 37.4 Å². The summed E-state index contributed by atoms with van der Waals surface area (Å²) in [6.07, 6.45) is 2.98. The number of amides is 2. The monoisotopic (exact) mass is 435 g/mol. The number of unbranched alkanes of at least 4 members (excludes halogenated alkanes) is 2. The quantitative estimate of drug-likeness (QED) is 0.517. The van der Waals surface area contributed by atoms with Gasteiger partial charge in [0.25, 0.3) is 5.91 Å². The summed E-state index contributed by atoms with van der Waals surface area (Å²) < 4.78 is 0. The van der Waals surface area contributed by atoms with Gasteiger partial charge in [-0.3, -0.25) is 9.59 Å². The fourth-order valence-electron chi connectivity index (χ4n) is 2.69. The van der Waals surface area contributed by atoms with Gasteiger partial charge >= 0.3 is 5.97 Å². The van der Waals surface area contributed by atoms with Crippen molar-refractivity contribution in [2.24, 2.45) is 0 Å². The zero-order valence-electron chi connectivity index (χ0n) is 16.4. The summed E-state index contributed by atoms with van der Waals surface area (Å²) in [6.45, 7) is 0.547. The molecule has 2 aromatic carbocycles. The van der Waals surface area contributed by atoms with E-state index in [2.05, 4.69) is 10.6 Å². The molecule has 2 aromatic rings. The van der Waals surface area contributed by atoms with Crippen molar-refractivity contribution in [1.29, 1.82) is 0 Å². The topological polar surface area (TPSA) is 129 Å². The van der Waals surface area contributed by atoms with Gasteiger partial charge in [0.05, 0.1) is 5.56 Å². The minimum absolute atomic E-state index is 0. The number of carboxylic acid groups (broad SMARTS) is 1. The van der Waals surface area contributed by atoms with E-state index in [0.29, 0.717) is 18.5 Å². The second-order valence-electron chi connectivity index (χ2n) is 6.21. The van der Waals surface area contributed by atoms with Crippen LogP contribution in [0, 0.1) is 0 Å². The van der Waals surface area contributed by atoms with E-state index in [0.717, 1.165) is 30.4 Å². The Kier molecular flexibility index (Phi) is 12.3. The SMILES string of the molecule is CNC(=O)CCCCCNC(=O)c1cccc(-c2cccc(C(=O)O)c2)c1.[NH2-].[V]. The van der Waals surface area contributed by atoms with Crippen molar-refractivity contribution in [2.75, 3.05) is 13.6 Å². The third-order valence-corrected chi connectivity index (χ3v) is 4.21. The summed E-state index contributed by atoms with van der Waals surface area (Å²) in [5, 5.41) is 14.6. The normalized spacial score (nSPS) is 9.55. The van der Waals surface area contributed by atoms with E-state index in [4.69, 9.17) is 5.11 Å². The molecule has 155 valence electrons. The van der Waals surface area contributed by atoms with E-state index in [1.165, 1.54) is 6.07 Å². The van der Waals surface area contributed by atoms with E-state index >= 15 is 0 Å². The maximum absolute atomic E-state index is 12.3. The average molecular weight is 435 g/mol. The minimum Gasteiger partial charge on any atom is -0.693 e. The molecule has 1 radical (unpaired) electrons. The molecule has 0 saturated carbocycles. The predicted molar refractivity (Wildman–Crippen MR) is 109 cm³/mol. The van der Waals surface area contributed by atoms with Gasteiger partial charge in [-0.2, -0.15) is 0 Å². The molecule has 0 fully saturated rings. The molecule has 7 nitrogen and oxygen atoms in total. The van der Waals surface area contributed by atoms with Crippen molar-refractivity contribution in [2.45, 2.75) is 25.7 Å². The van der Waals surface area contributed by atoms with Crippen LogP contribution >= 0.6 is 0 Å². The third-order valence-electron chi connectivity index (χ3n) is 4.21. The number of hydrogen-bond acceptors (Lipinski definition) is 3. The van der Waals surface area contributed by atoms with Crippen LogP contribution < -0.4 is 10.6 Å². The Labute approximate surface area is 182 Å². The van der Waals surface area contributed by atoms with Crippen LogP contribution in [0.1, 0.15) is 46.4 Å². The van der Waals surface area contributed by atoms with Gasteiger partial charge in [0.1, 0.15) is 0 Å². The van der Waals surface area contributed by atoms with Crippen molar-refractivity contribution in [3.05, 3.63) is 65.8 Å². The van der Waals surface area contributed by atoms with E-state index in [9.17, 15) is 14.4 Å². The molecule has 0 heterocycles. The number of hydrogen-bond donors (Lipinski definition) is 3. The Balaban J connectivity index is 0.00000392. The van der Waals surface area contributed by atoms with Crippen LogP contribution in [-0.2, 0) is 23.4 Å². The number of nitrogens with two attached hydrogens (primary N) is 1. The molecule has 2 rings (SSSR count). The van der Waals surface area contributed by atoms with Gasteiger partial charge in [-0.05, 0) is 48.2 Å². The average Bonchev–Trinajstić information content (AvgIpc) is 2.70. The molecule has 5 N–H and O–H groups in total. The van der Waals surface area contributed by atoms with Gasteiger partial charge in [-0.1, -0.05) is 30.7 Å². The summed E-state index contributed by atoms with van der Waals surface area (Å²) in [6, 6.07) is 13.7. The molecule has 0 unspecified atom stereocenters. The molecule has 0 aliphatic rings. The Morgan fingerprint density at radius 1 is 0.897 bits per heavy atom. The first-order valence-electron chi connectivity index (χ1n) is 8.94. The Hall–Kier alpha value is -2.61. The predicted octanol–water partition coefficient (Wildman–Crippen LogP) is 3.80. The maximum Gasteiger partial charge on any atom is 0.335 e. The van der Waals surface area contributed by atoms with Crippen LogP contribution in [0.3, 0.4) is 0 Å². The van der Waals surface area contributed by atoms with Gasteiger partial charge in [0.15, 0.2) is 0 Å². The minimum atomic E-state index is -0.984. The van der Waals surface area contributed by atoms with Crippen molar-refractivity contribution in [3.8, 4) is 11.1 Å². The fraction of sp³-hybridized carbons (Fsp3) is 0.286. The summed E-state index contributed by atoms with van der Waals surface area (Å²) >= 11 is 0. The van der Waals surface area contributed by atoms with Gasteiger partial charge in [-0.25, -0.2) is 4.79 Å². The molecule has 0 saturated heterocycles. The van der Waals surface area contributed by atoms with Gasteiger partial charge in [-0.15, -0.1) is 0 Å². The van der Waals surface area contributed by atoms with E-state index in [-0.39, 0.29) is 42.1 Å². The van der Waals surface area contributed by atoms with Crippen LogP contribution in [0.4, 0.5) is 0 Å². The number of carboxylic acids is 1. The van der Waals surface area contributed by atoms with Gasteiger partial charge in [0.2, 0.25) is 5.91 Å². The zero-order chi connectivity index (χ0) is 19.6. The summed E-state index contributed by atoms with van der Waals surface area (Å²) in [4.78, 5) is 34.6. The molecule has 0 aromatic heterocycles. The molecule has 0 spiro atoms. The van der Waals surface area contributed by atoms with E-state index in [1.807, 2.05) is 12.1 Å². The Morgan fingerprint density at radius 3 is 2.07 bits per heavy atom. The number of aromatic carboxylic acids is 1. The number of rotatable bonds is 9. The van der Waals surface area contributed by atoms with Crippen molar-refractivity contribution < 1.29 is 38.0 Å². The van der Waals surface area contributed by atoms with E-state index < -0.39 is 5.97 Å². The molecular weight excluding hydrogens is 409 g/mol. The van der Waals surface area contributed by atoms with Crippen molar-refractivity contribution in [1.82, 2.24) is 10.6 Å². The van der Waals surface area contributed by atoms with Gasteiger partial charge < -0.3 is 21.9 Å². The molecular formula is C21H26N3O4V-. The molecule has 0 aliphatic heterocycles. The second kappa shape index (κ2) is 13.6. The fourth-order valence-corrected chi connectivity index (χ4v) is 2.69. The zero-order valence-corrected chi connectivity index (χ0v) is 17.7. The molecule has 0 atom stereocenters. The standard InChI is InChI=1S/C21H24N2O4.H2N.V/c1-22-19(24)11-3-2-4-12-23-20(25)17-9-5-7-15(13-17)16-8-6-10-18(14-16)21(26)27;;/h5-10,13-14H,2-4,11-12H2,1H3,(H,22,24)(H,23,25)(H,26,27);1H2;/q;-1;. The number of carbonyl (C=O) groups is 3. The molecule has 29 heavy (non-hydrogen) atoms. The first-order chi connectivity index (χ1) is 13.0. The first-order valence-corrected chi connectivity index (χ1v) is 8.94. The molecule has 2 amide bonds. The van der Waals surface area contributed by atoms with Crippen LogP contribution in [0.2, 0.25) is 0 Å². The summed E-state index contributed by atoms with van der Waals surface area (Å²) in [7, 11) is 1.62. The summed E-state index contributed by atoms with van der Waals surface area (Å²) in [5.74, 6) is -1.12. The number of nitrogens with one attached hydrogen (secondary N) is 2. The molecule has 0 aliphatic carbocycles. The van der Waals surface area contributed by atoms with Crippen molar-refractivity contribution >= 4 is 17.8 Å². The number of carbonyl (C=O) groups excluding carboxylic acids is 2. The number of benzene rings is 2. The second-order valence-corrected chi connectivity index (χ2v) is 6.21.